The number of carbonyl (C=O) groups excluding carboxylic acids is 2. The molecule has 9 nitrogen and oxygen atoms in total. The van der Waals surface area contributed by atoms with Crippen LogP contribution in [0.5, 0.6) is 0 Å². The molecule has 0 atom stereocenters. The number of aromatic nitrogens is 2. The molecule has 2 aliphatic rings. The Labute approximate surface area is 227 Å². The first-order valence-electron chi connectivity index (χ1n) is 13.1. The van der Waals surface area contributed by atoms with Crippen LogP contribution in [0.15, 0.2) is 35.2 Å². The quantitative estimate of drug-likeness (QED) is 0.472. The fraction of sp³-hybridized carbons (Fsp3) is 0.444. The normalized spacial score (nSPS) is 16.5. The number of sulfonamides is 1. The van der Waals surface area contributed by atoms with Crippen molar-refractivity contribution in [3.05, 3.63) is 63.3 Å². The van der Waals surface area contributed by atoms with Crippen molar-refractivity contribution >= 4 is 38.2 Å². The summed E-state index contributed by atoms with van der Waals surface area (Å²) < 4.78 is 28.6. The molecule has 3 aromatic rings. The number of benzene rings is 1. The van der Waals surface area contributed by atoms with Gasteiger partial charge in [-0.2, -0.15) is 9.40 Å². The molecule has 11 heteroatoms. The van der Waals surface area contributed by atoms with Crippen molar-refractivity contribution in [2.45, 2.75) is 57.9 Å². The molecule has 1 N–H and O–H groups in total. The second kappa shape index (κ2) is 10.7. The Morgan fingerprint density at radius 3 is 2.42 bits per heavy atom. The van der Waals surface area contributed by atoms with Crippen molar-refractivity contribution in [2.24, 2.45) is 0 Å². The van der Waals surface area contributed by atoms with Crippen LogP contribution >= 0.6 is 11.3 Å². The number of anilines is 1. The van der Waals surface area contributed by atoms with E-state index in [0.29, 0.717) is 29.2 Å². The average molecular weight is 556 g/mol. The first-order chi connectivity index (χ1) is 18.2. The van der Waals surface area contributed by atoms with Crippen LogP contribution in [0.2, 0.25) is 0 Å². The van der Waals surface area contributed by atoms with Gasteiger partial charge in [0.2, 0.25) is 10.0 Å². The summed E-state index contributed by atoms with van der Waals surface area (Å²) in [6.45, 7) is 9.46. The molecule has 4 heterocycles. The summed E-state index contributed by atoms with van der Waals surface area (Å²) in [5.41, 5.74) is 3.29. The van der Waals surface area contributed by atoms with Crippen LogP contribution in [-0.2, 0) is 23.0 Å². The van der Waals surface area contributed by atoms with E-state index in [4.69, 9.17) is 0 Å². The maximum Gasteiger partial charge on any atom is 0.281 e. The molecule has 1 saturated heterocycles. The molecule has 2 aromatic heterocycles. The number of rotatable bonds is 7. The molecule has 0 aliphatic carbocycles. The fourth-order valence-electron chi connectivity index (χ4n) is 5.25. The van der Waals surface area contributed by atoms with Gasteiger partial charge >= 0.3 is 0 Å². The number of amides is 1. The van der Waals surface area contributed by atoms with Crippen molar-refractivity contribution in [1.82, 2.24) is 19.0 Å². The number of fused-ring (bicyclic) bond motifs is 1. The van der Waals surface area contributed by atoms with Crippen LogP contribution in [-0.4, -0.2) is 65.4 Å². The highest BCUT2D eigenvalue weighted by Crippen LogP contribution is 2.38. The van der Waals surface area contributed by atoms with Gasteiger partial charge in [-0.3, -0.25) is 14.5 Å². The third kappa shape index (κ3) is 5.07. The Morgan fingerprint density at radius 2 is 1.79 bits per heavy atom. The van der Waals surface area contributed by atoms with Crippen molar-refractivity contribution in [1.29, 1.82) is 0 Å². The number of nitrogens with zero attached hydrogens (tertiary/aromatic N) is 4. The number of hydrogen-bond acceptors (Lipinski definition) is 7. The van der Waals surface area contributed by atoms with Crippen LogP contribution in [0, 0.1) is 13.8 Å². The lowest BCUT2D eigenvalue weighted by Crippen LogP contribution is -2.31. The lowest BCUT2D eigenvalue weighted by molar-refractivity contribution is 0.0942. The Morgan fingerprint density at radius 1 is 1.08 bits per heavy atom. The van der Waals surface area contributed by atoms with Gasteiger partial charge in [-0.25, -0.2) is 13.1 Å². The molecule has 0 radical (unpaired) electrons. The van der Waals surface area contributed by atoms with E-state index in [1.807, 2.05) is 19.9 Å². The van der Waals surface area contributed by atoms with Gasteiger partial charge in [0.1, 0.15) is 5.00 Å². The van der Waals surface area contributed by atoms with Gasteiger partial charge in [0.15, 0.2) is 0 Å². The Balaban J connectivity index is 1.44. The summed E-state index contributed by atoms with van der Waals surface area (Å²) >= 11 is 1.44. The molecule has 1 aromatic carbocycles. The maximum absolute atomic E-state index is 13.7. The summed E-state index contributed by atoms with van der Waals surface area (Å²) in [6.07, 6.45) is 3.50. The zero-order valence-electron chi connectivity index (χ0n) is 22.0. The van der Waals surface area contributed by atoms with E-state index in [1.54, 1.807) is 0 Å². The second-order valence-electron chi connectivity index (χ2n) is 9.97. The van der Waals surface area contributed by atoms with Gasteiger partial charge in [0.25, 0.3) is 11.8 Å². The molecular formula is C27H33N5O4S2. The van der Waals surface area contributed by atoms with Crippen LogP contribution in [0.3, 0.4) is 0 Å². The van der Waals surface area contributed by atoms with Gasteiger partial charge in [-0.15, -0.1) is 11.3 Å². The molecule has 5 rings (SSSR count). The van der Waals surface area contributed by atoms with Gasteiger partial charge in [0, 0.05) is 42.3 Å². The molecule has 2 aliphatic heterocycles. The zero-order valence-corrected chi connectivity index (χ0v) is 23.6. The van der Waals surface area contributed by atoms with E-state index < -0.39 is 10.0 Å². The highest BCUT2D eigenvalue weighted by Gasteiger charge is 2.31. The SMILES string of the molecule is CCCN1CCc2c(sc(NC(=O)c3ccc(S(=O)(=O)N4CCCC4)cc3)c2C(=O)n2nc(C)cc2C)C1. The van der Waals surface area contributed by atoms with E-state index in [1.165, 1.54) is 44.6 Å². The number of nitrogens with one attached hydrogen (secondary N) is 1. The smallest absolute Gasteiger partial charge is 0.281 e. The number of hydrogen-bond donors (Lipinski definition) is 1. The molecule has 0 unspecified atom stereocenters. The summed E-state index contributed by atoms with van der Waals surface area (Å²) in [5, 5.41) is 7.86. The molecular weight excluding hydrogens is 522 g/mol. The Bertz CT molecular complexity index is 1470. The summed E-state index contributed by atoms with van der Waals surface area (Å²) in [4.78, 5) is 30.6. The standard InChI is InChI=1S/C27H33N5O4S2/c1-4-12-30-15-11-22-23(17-30)37-26(24(22)27(34)32-19(3)16-18(2)29-32)28-25(33)20-7-9-21(10-8-20)38(35,36)31-13-5-6-14-31/h7-10,16H,4-6,11-15,17H2,1-3H3,(H,28,33). The minimum Gasteiger partial charge on any atom is -0.313 e. The maximum atomic E-state index is 13.7. The number of carbonyl (C=O) groups is 2. The molecule has 1 amide bonds. The van der Waals surface area contributed by atoms with Crippen LogP contribution < -0.4 is 5.32 Å². The third-order valence-corrected chi connectivity index (χ3v) is 10.2. The molecule has 0 spiro atoms. The van der Waals surface area contributed by atoms with Crippen molar-refractivity contribution in [3.63, 3.8) is 0 Å². The van der Waals surface area contributed by atoms with Crippen LogP contribution in [0.25, 0.3) is 0 Å². The van der Waals surface area contributed by atoms with Gasteiger partial charge in [0.05, 0.1) is 16.2 Å². The minimum absolute atomic E-state index is 0.180. The zero-order chi connectivity index (χ0) is 27.0. The minimum atomic E-state index is -3.56. The monoisotopic (exact) mass is 555 g/mol. The third-order valence-electron chi connectivity index (χ3n) is 7.14. The van der Waals surface area contributed by atoms with E-state index in [9.17, 15) is 18.0 Å². The van der Waals surface area contributed by atoms with Crippen molar-refractivity contribution in [3.8, 4) is 0 Å². The predicted molar refractivity (Wildman–Crippen MR) is 147 cm³/mol. The first-order valence-corrected chi connectivity index (χ1v) is 15.3. The van der Waals surface area contributed by atoms with Crippen molar-refractivity contribution in [2.75, 3.05) is 31.5 Å². The summed E-state index contributed by atoms with van der Waals surface area (Å²) in [5.74, 6) is -0.638. The first kappa shape index (κ1) is 26.7. The van der Waals surface area contributed by atoms with Crippen molar-refractivity contribution < 1.29 is 18.0 Å². The van der Waals surface area contributed by atoms with E-state index in [-0.39, 0.29) is 16.7 Å². The van der Waals surface area contributed by atoms with Crippen LogP contribution in [0.1, 0.15) is 68.7 Å². The topological polar surface area (TPSA) is 105 Å². The second-order valence-corrected chi connectivity index (χ2v) is 13.0. The molecule has 0 bridgehead atoms. The fourth-order valence-corrected chi connectivity index (χ4v) is 8.04. The van der Waals surface area contributed by atoms with E-state index in [2.05, 4.69) is 22.2 Å². The van der Waals surface area contributed by atoms with Crippen LogP contribution in [0.4, 0.5) is 5.00 Å². The number of aryl methyl sites for hydroxylation is 2. The van der Waals surface area contributed by atoms with Gasteiger partial charge in [-0.05, 0) is 82.0 Å². The van der Waals surface area contributed by atoms with E-state index >= 15 is 0 Å². The highest BCUT2D eigenvalue weighted by atomic mass is 32.2. The lowest BCUT2D eigenvalue weighted by Gasteiger charge is -2.26. The lowest BCUT2D eigenvalue weighted by atomic mass is 10.0. The Kier molecular flexibility index (Phi) is 7.54. The summed E-state index contributed by atoms with van der Waals surface area (Å²) in [6, 6.07) is 7.86. The molecule has 38 heavy (non-hydrogen) atoms. The largest absolute Gasteiger partial charge is 0.313 e. The number of thiophene rings is 1. The highest BCUT2D eigenvalue weighted by molar-refractivity contribution is 7.89. The van der Waals surface area contributed by atoms with Gasteiger partial charge < -0.3 is 5.32 Å². The average Bonchev–Trinajstić information content (AvgIpc) is 3.63. The summed E-state index contributed by atoms with van der Waals surface area (Å²) in [7, 11) is -3.56. The Hall–Kier alpha value is -2.86. The van der Waals surface area contributed by atoms with E-state index in [0.717, 1.165) is 67.1 Å². The molecule has 202 valence electrons. The molecule has 1 fully saturated rings. The predicted octanol–water partition coefficient (Wildman–Crippen LogP) is 4.05. The van der Waals surface area contributed by atoms with Gasteiger partial charge in [-0.1, -0.05) is 6.92 Å². The molecule has 0 saturated carbocycles.